The molecule has 1 aromatic carbocycles. The fourth-order valence-electron chi connectivity index (χ4n) is 5.53. The molecule has 1 amide bonds. The van der Waals surface area contributed by atoms with Crippen LogP contribution in [-0.2, 0) is 24.3 Å². The number of aromatic nitrogens is 3. The smallest absolute Gasteiger partial charge is 0.270 e. The maximum atomic E-state index is 12.7. The Labute approximate surface area is 268 Å². The zero-order chi connectivity index (χ0) is 27.9. The van der Waals surface area contributed by atoms with Crippen molar-refractivity contribution in [3.63, 3.8) is 0 Å². The number of aliphatic hydroxyl groups is 1. The van der Waals surface area contributed by atoms with Crippen molar-refractivity contribution in [1.82, 2.24) is 25.2 Å². The first kappa shape index (κ1) is 36.4. The van der Waals surface area contributed by atoms with Gasteiger partial charge in [0.1, 0.15) is 30.2 Å². The Hall–Kier alpha value is -2.84. The fraction of sp³-hybridized carbons (Fsp3) is 0.533. The molecule has 13 heteroatoms. The van der Waals surface area contributed by atoms with Crippen molar-refractivity contribution in [2.24, 2.45) is 0 Å². The lowest BCUT2D eigenvalue weighted by molar-refractivity contribution is 0.0681. The number of oxazole rings is 1. The van der Waals surface area contributed by atoms with E-state index in [0.29, 0.717) is 36.9 Å². The number of nitrogens with zero attached hydrogens (tertiary/aromatic N) is 4. The highest BCUT2D eigenvalue weighted by molar-refractivity contribution is 7.59. The largest absolute Gasteiger partial charge is 0.485 e. The Bertz CT molecular complexity index is 1270. The molecule has 1 aliphatic heterocycles. The molecule has 1 aliphatic carbocycles. The van der Waals surface area contributed by atoms with Crippen LogP contribution in [0.4, 0.5) is 5.82 Å². The van der Waals surface area contributed by atoms with E-state index in [1.54, 1.807) is 19.4 Å². The molecule has 2 aliphatic rings. The van der Waals surface area contributed by atoms with Crippen LogP contribution >= 0.6 is 27.0 Å². The Balaban J connectivity index is 0.00000215. The van der Waals surface area contributed by atoms with Gasteiger partial charge in [-0.05, 0) is 61.8 Å². The average Bonchev–Trinajstić information content (AvgIpc) is 3.50. The lowest BCUT2D eigenvalue weighted by atomic mass is 9.93. The van der Waals surface area contributed by atoms with Crippen molar-refractivity contribution < 1.29 is 23.8 Å². The Morgan fingerprint density at radius 1 is 1.21 bits per heavy atom. The summed E-state index contributed by atoms with van der Waals surface area (Å²) in [5.74, 6) is 1.83. The number of hydrogen-bond donors (Lipinski definition) is 3. The number of rotatable bonds is 11. The molecular formula is C30H46N6O5S2. The van der Waals surface area contributed by atoms with Crippen LogP contribution in [-0.4, -0.2) is 75.9 Å². The molecule has 3 aromatic rings. The molecule has 1 fully saturated rings. The van der Waals surface area contributed by atoms with E-state index in [9.17, 15) is 9.90 Å². The third-order valence-corrected chi connectivity index (χ3v) is 7.80. The molecule has 0 bridgehead atoms. The Morgan fingerprint density at radius 2 is 2.00 bits per heavy atom. The number of carbonyl (C=O) groups is 1. The van der Waals surface area contributed by atoms with Gasteiger partial charge in [0.25, 0.3) is 5.91 Å². The van der Waals surface area contributed by atoms with Crippen LogP contribution in [0.3, 0.4) is 0 Å². The molecule has 0 unspecified atom stereocenters. The summed E-state index contributed by atoms with van der Waals surface area (Å²) in [4.78, 5) is 27.3. The number of fused-ring (bicyclic) bond motifs is 1. The minimum Gasteiger partial charge on any atom is -0.485 e. The predicted octanol–water partition coefficient (Wildman–Crippen LogP) is 3.73. The minimum absolute atomic E-state index is 0. The van der Waals surface area contributed by atoms with Gasteiger partial charge in [0.05, 0.1) is 18.4 Å². The van der Waals surface area contributed by atoms with Crippen LogP contribution in [0, 0.1) is 6.92 Å². The van der Waals surface area contributed by atoms with Gasteiger partial charge in [-0.15, -0.1) is 0 Å². The minimum atomic E-state index is -0.702. The number of hydrogen-bond acceptors (Lipinski definition) is 10. The van der Waals surface area contributed by atoms with Gasteiger partial charge >= 0.3 is 0 Å². The van der Waals surface area contributed by atoms with E-state index in [2.05, 4.69) is 43.5 Å². The number of aliphatic hydroxyl groups excluding tert-OH is 1. The van der Waals surface area contributed by atoms with Crippen molar-refractivity contribution in [2.75, 3.05) is 32.1 Å². The number of ether oxygens (including phenoxy) is 2. The topological polar surface area (TPSA) is 135 Å². The van der Waals surface area contributed by atoms with Gasteiger partial charge in [0.15, 0.2) is 12.2 Å². The molecule has 43 heavy (non-hydrogen) atoms. The highest BCUT2D eigenvalue weighted by Crippen LogP contribution is 2.30. The number of nitrogens with one attached hydrogen (secondary N) is 2. The van der Waals surface area contributed by atoms with Crippen molar-refractivity contribution in [3.8, 4) is 5.75 Å². The van der Waals surface area contributed by atoms with Crippen molar-refractivity contribution in [2.45, 2.75) is 77.9 Å². The number of benzene rings is 1. The van der Waals surface area contributed by atoms with E-state index in [-0.39, 0.29) is 52.6 Å². The second-order valence-electron chi connectivity index (χ2n) is 10.6. The van der Waals surface area contributed by atoms with Crippen LogP contribution in [0.5, 0.6) is 5.75 Å². The van der Waals surface area contributed by atoms with Crippen molar-refractivity contribution in [1.29, 1.82) is 0 Å². The molecule has 2 aromatic heterocycles. The first-order valence-electron chi connectivity index (χ1n) is 13.9. The van der Waals surface area contributed by atoms with Gasteiger partial charge in [-0.1, -0.05) is 13.5 Å². The monoisotopic (exact) mass is 634 g/mol. The molecule has 1 atom stereocenters. The molecule has 0 radical (unpaired) electrons. The molecule has 1 saturated carbocycles. The lowest BCUT2D eigenvalue weighted by Crippen LogP contribution is -2.42. The standard InChI is InChI=1S/C29H38N6O5.CH4.2H2S/c1-19-25-9-10-35(14-20(25)3-8-27(19)39-16-24-13-30-18-40-24)15-22(36)12-31-29(37)26-11-28(33-17-32-26)34-21-4-6-23(38-2)7-5-21;;;/h3,8,11,13,17-18,21-23,36H,4-7,9-10,12,14-16H2,1-2H3,(H,31,37)(H,32,33,34);1H4;2*1H2/t21?,22-,23?;;;/m0.../s1. The summed E-state index contributed by atoms with van der Waals surface area (Å²) in [6.07, 6.45) is 8.93. The number of methoxy groups -OCH3 is 1. The van der Waals surface area contributed by atoms with E-state index < -0.39 is 6.10 Å². The Kier molecular flexibility index (Phi) is 14.8. The molecule has 238 valence electrons. The van der Waals surface area contributed by atoms with Crippen molar-refractivity contribution in [3.05, 3.63) is 65.3 Å². The maximum absolute atomic E-state index is 12.7. The molecular weight excluding hydrogens is 589 g/mol. The van der Waals surface area contributed by atoms with Crippen LogP contribution < -0.4 is 15.4 Å². The van der Waals surface area contributed by atoms with Gasteiger partial charge in [-0.3, -0.25) is 9.69 Å². The predicted molar refractivity (Wildman–Crippen MR) is 176 cm³/mol. The van der Waals surface area contributed by atoms with E-state index in [0.717, 1.165) is 56.5 Å². The molecule has 3 N–H and O–H groups in total. The quantitative estimate of drug-likeness (QED) is 0.286. The second kappa shape index (κ2) is 17.5. The van der Waals surface area contributed by atoms with E-state index in [1.807, 2.05) is 6.07 Å². The maximum Gasteiger partial charge on any atom is 0.270 e. The van der Waals surface area contributed by atoms with Gasteiger partial charge in [0.2, 0.25) is 0 Å². The van der Waals surface area contributed by atoms with Crippen LogP contribution in [0.15, 0.2) is 41.5 Å². The average molecular weight is 635 g/mol. The zero-order valence-electron chi connectivity index (χ0n) is 24.1. The number of amides is 1. The summed E-state index contributed by atoms with van der Waals surface area (Å²) in [6, 6.07) is 6.04. The summed E-state index contributed by atoms with van der Waals surface area (Å²) in [5.41, 5.74) is 3.92. The highest BCUT2D eigenvalue weighted by atomic mass is 32.1. The van der Waals surface area contributed by atoms with E-state index in [1.165, 1.54) is 23.8 Å². The molecule has 5 rings (SSSR count). The number of carbonyl (C=O) groups excluding carboxylic acids is 1. The molecule has 11 nitrogen and oxygen atoms in total. The Morgan fingerprint density at radius 3 is 2.72 bits per heavy atom. The number of anilines is 1. The van der Waals surface area contributed by atoms with Gasteiger partial charge in [-0.25, -0.2) is 15.0 Å². The van der Waals surface area contributed by atoms with Gasteiger partial charge in [0, 0.05) is 45.4 Å². The van der Waals surface area contributed by atoms with E-state index in [4.69, 9.17) is 13.9 Å². The highest BCUT2D eigenvalue weighted by Gasteiger charge is 2.23. The summed E-state index contributed by atoms with van der Waals surface area (Å²) < 4.78 is 16.6. The summed E-state index contributed by atoms with van der Waals surface area (Å²) in [5, 5.41) is 16.9. The normalized spacial score (nSPS) is 18.6. The van der Waals surface area contributed by atoms with E-state index >= 15 is 0 Å². The third-order valence-electron chi connectivity index (χ3n) is 7.80. The van der Waals surface area contributed by atoms with Crippen LogP contribution in [0.2, 0.25) is 0 Å². The number of β-amino-alcohol motifs (C(OH)–C–C–N with tert-alkyl or cyclic N) is 1. The van der Waals surface area contributed by atoms with Crippen molar-refractivity contribution >= 4 is 38.7 Å². The fourth-order valence-corrected chi connectivity index (χ4v) is 5.53. The van der Waals surface area contributed by atoms with Gasteiger partial charge < -0.3 is 29.6 Å². The first-order chi connectivity index (χ1) is 19.5. The summed E-state index contributed by atoms with van der Waals surface area (Å²) in [7, 11) is 1.76. The van der Waals surface area contributed by atoms with Gasteiger partial charge in [-0.2, -0.15) is 27.0 Å². The zero-order valence-corrected chi connectivity index (χ0v) is 26.1. The third kappa shape index (κ3) is 9.83. The summed E-state index contributed by atoms with van der Waals surface area (Å²) in [6.45, 7) is 4.57. The molecule has 0 saturated heterocycles. The molecule has 3 heterocycles. The van der Waals surface area contributed by atoms with Crippen LogP contribution in [0.1, 0.15) is 66.0 Å². The second-order valence-corrected chi connectivity index (χ2v) is 10.6. The molecule has 0 spiro atoms. The SMILES string of the molecule is C.COC1CCC(Nc2cc(C(=O)NC[C@H](O)CN3CCc4c(ccc(OCc5cnco5)c4C)C3)ncn2)CC1.S.S. The van der Waals surface area contributed by atoms with Crippen LogP contribution in [0.25, 0.3) is 0 Å². The summed E-state index contributed by atoms with van der Waals surface area (Å²) >= 11 is 0. The first-order valence-corrected chi connectivity index (χ1v) is 13.9. The lowest BCUT2D eigenvalue weighted by Gasteiger charge is -2.31.